The average molecular weight is 392 g/mol. The van der Waals surface area contributed by atoms with E-state index >= 15 is 0 Å². The standard InChI is InChI=1S/C21H20N4O4/c1-26-13-6-7-15(27-2)14(9-13)17-20(12-24)18(25)29-21(28-17)8-4-3-5-16(21)19(20,10-22)11-23/h6-7,9,16-17,25H,3-5,8H2,1-2H3/t16-,17-,20+,21+/m0/s1. The predicted octanol–water partition coefficient (Wildman–Crippen LogP) is 3.21. The van der Waals surface area contributed by atoms with Crippen molar-refractivity contribution in [3.05, 3.63) is 23.8 Å². The van der Waals surface area contributed by atoms with E-state index in [1.807, 2.05) is 0 Å². The van der Waals surface area contributed by atoms with Gasteiger partial charge in [0, 0.05) is 12.0 Å². The molecule has 4 atom stereocenters. The van der Waals surface area contributed by atoms with E-state index in [0.29, 0.717) is 29.9 Å². The zero-order chi connectivity index (χ0) is 20.9. The molecule has 1 aliphatic carbocycles. The first kappa shape index (κ1) is 19.1. The van der Waals surface area contributed by atoms with Gasteiger partial charge in [-0.1, -0.05) is 6.42 Å². The van der Waals surface area contributed by atoms with Gasteiger partial charge in [0.15, 0.2) is 10.8 Å². The Hall–Kier alpha value is -3.28. The monoisotopic (exact) mass is 392 g/mol. The van der Waals surface area contributed by atoms with E-state index in [0.717, 1.165) is 12.8 Å². The molecule has 148 valence electrons. The normalized spacial score (nSPS) is 34.0. The SMILES string of the molecule is COc1ccc(OC)c([C@@H]2O[C@@]34CCCC[C@H]3C(C#N)(C#N)[C@@]2(C#N)C(=N)O4)c1. The molecule has 8 nitrogen and oxygen atoms in total. The van der Waals surface area contributed by atoms with E-state index < -0.39 is 34.5 Å². The summed E-state index contributed by atoms with van der Waals surface area (Å²) in [6, 6.07) is 11.4. The van der Waals surface area contributed by atoms with E-state index in [9.17, 15) is 15.8 Å². The molecular weight excluding hydrogens is 372 g/mol. The fourth-order valence-electron chi connectivity index (χ4n) is 5.16. The van der Waals surface area contributed by atoms with Gasteiger partial charge < -0.3 is 18.9 Å². The largest absolute Gasteiger partial charge is 0.497 e. The van der Waals surface area contributed by atoms with E-state index in [1.54, 1.807) is 18.2 Å². The van der Waals surface area contributed by atoms with Gasteiger partial charge >= 0.3 is 0 Å². The minimum atomic E-state index is -1.93. The molecule has 1 aromatic carbocycles. The maximum atomic E-state index is 10.3. The molecule has 0 radical (unpaired) electrons. The Balaban J connectivity index is 2.03. The van der Waals surface area contributed by atoms with Crippen molar-refractivity contribution < 1.29 is 18.9 Å². The van der Waals surface area contributed by atoms with E-state index in [1.165, 1.54) is 14.2 Å². The second-order valence-electron chi connectivity index (χ2n) is 7.60. The Morgan fingerprint density at radius 2 is 1.86 bits per heavy atom. The third kappa shape index (κ3) is 2.11. The second-order valence-corrected chi connectivity index (χ2v) is 7.60. The summed E-state index contributed by atoms with van der Waals surface area (Å²) < 4.78 is 23.1. The van der Waals surface area contributed by atoms with Crippen LogP contribution in [0.2, 0.25) is 0 Å². The third-order valence-electron chi connectivity index (χ3n) is 6.54. The van der Waals surface area contributed by atoms with Gasteiger partial charge in [-0.25, -0.2) is 0 Å². The summed E-state index contributed by atoms with van der Waals surface area (Å²) in [6.07, 6.45) is 1.44. The predicted molar refractivity (Wildman–Crippen MR) is 98.6 cm³/mol. The van der Waals surface area contributed by atoms with Crippen molar-refractivity contribution in [1.29, 1.82) is 21.2 Å². The van der Waals surface area contributed by atoms with Crippen LogP contribution in [0.3, 0.4) is 0 Å². The summed E-state index contributed by atoms with van der Waals surface area (Å²) in [5.41, 5.74) is -3.27. The maximum absolute atomic E-state index is 10.3. The smallest absolute Gasteiger partial charge is 0.218 e. The van der Waals surface area contributed by atoms with Crippen molar-refractivity contribution in [3.63, 3.8) is 0 Å². The van der Waals surface area contributed by atoms with Gasteiger partial charge in [-0.15, -0.1) is 0 Å². The number of rotatable bonds is 3. The fraction of sp³-hybridized carbons (Fsp3) is 0.524. The van der Waals surface area contributed by atoms with Crippen molar-refractivity contribution >= 4 is 5.90 Å². The first-order valence-electron chi connectivity index (χ1n) is 9.40. The highest BCUT2D eigenvalue weighted by atomic mass is 16.7. The summed E-state index contributed by atoms with van der Waals surface area (Å²) in [5.74, 6) is -1.40. The Kier molecular flexibility index (Phi) is 4.19. The van der Waals surface area contributed by atoms with Crippen LogP contribution in [0.15, 0.2) is 18.2 Å². The molecular formula is C21H20N4O4. The number of benzene rings is 1. The molecule has 1 aromatic rings. The van der Waals surface area contributed by atoms with Crippen LogP contribution in [0.25, 0.3) is 0 Å². The lowest BCUT2D eigenvalue weighted by Gasteiger charge is -2.63. The molecule has 0 unspecified atom stereocenters. The van der Waals surface area contributed by atoms with Crippen LogP contribution in [-0.4, -0.2) is 25.9 Å². The molecule has 4 fully saturated rings. The Morgan fingerprint density at radius 3 is 2.48 bits per heavy atom. The highest BCUT2D eigenvalue weighted by molar-refractivity contribution is 5.89. The first-order valence-corrected chi connectivity index (χ1v) is 9.40. The molecule has 29 heavy (non-hydrogen) atoms. The van der Waals surface area contributed by atoms with Gasteiger partial charge in [-0.3, -0.25) is 5.41 Å². The molecule has 1 saturated carbocycles. The maximum Gasteiger partial charge on any atom is 0.218 e. The van der Waals surface area contributed by atoms with Crippen molar-refractivity contribution in [3.8, 4) is 29.7 Å². The van der Waals surface area contributed by atoms with Crippen LogP contribution in [0, 0.1) is 56.2 Å². The molecule has 1 spiro atoms. The molecule has 1 N–H and O–H groups in total. The number of nitrogens with one attached hydrogen (secondary N) is 1. The number of fused-ring (bicyclic) bond motifs is 2. The molecule has 2 bridgehead atoms. The van der Waals surface area contributed by atoms with Crippen molar-refractivity contribution in [2.45, 2.75) is 37.6 Å². The van der Waals surface area contributed by atoms with Gasteiger partial charge in [0.25, 0.3) is 0 Å². The summed E-state index contributed by atoms with van der Waals surface area (Å²) in [6.45, 7) is 0. The minimum Gasteiger partial charge on any atom is -0.497 e. The van der Waals surface area contributed by atoms with Crippen molar-refractivity contribution in [2.75, 3.05) is 14.2 Å². The van der Waals surface area contributed by atoms with Crippen LogP contribution in [-0.2, 0) is 9.47 Å². The van der Waals surface area contributed by atoms with Crippen LogP contribution in [0.1, 0.15) is 37.4 Å². The number of hydrogen-bond donors (Lipinski definition) is 1. The third-order valence-corrected chi connectivity index (χ3v) is 6.54. The zero-order valence-corrected chi connectivity index (χ0v) is 16.2. The number of nitrogens with zero attached hydrogens (tertiary/aromatic N) is 3. The van der Waals surface area contributed by atoms with Crippen LogP contribution >= 0.6 is 0 Å². The van der Waals surface area contributed by atoms with Gasteiger partial charge in [0.1, 0.15) is 17.6 Å². The van der Waals surface area contributed by atoms with Gasteiger partial charge in [-0.2, -0.15) is 15.8 Å². The quantitative estimate of drug-likeness (QED) is 0.835. The lowest BCUT2D eigenvalue weighted by molar-refractivity contribution is -0.360. The highest BCUT2D eigenvalue weighted by Gasteiger charge is 2.80. The lowest BCUT2D eigenvalue weighted by atomic mass is 9.48. The summed E-state index contributed by atoms with van der Waals surface area (Å²) in [5, 5.41) is 39.4. The van der Waals surface area contributed by atoms with E-state index in [2.05, 4.69) is 18.2 Å². The van der Waals surface area contributed by atoms with Crippen LogP contribution < -0.4 is 9.47 Å². The van der Waals surface area contributed by atoms with E-state index in [-0.39, 0.29) is 0 Å². The molecule has 8 heteroatoms. The molecule has 3 heterocycles. The number of ether oxygens (including phenoxy) is 4. The Morgan fingerprint density at radius 1 is 1.10 bits per heavy atom. The van der Waals surface area contributed by atoms with Gasteiger partial charge in [0.2, 0.25) is 11.7 Å². The zero-order valence-electron chi connectivity index (χ0n) is 16.2. The van der Waals surface area contributed by atoms with Crippen LogP contribution in [0.5, 0.6) is 11.5 Å². The average Bonchev–Trinajstić information content (AvgIpc) is 2.76. The minimum absolute atomic E-state index is 0.401. The summed E-state index contributed by atoms with van der Waals surface area (Å²) in [4.78, 5) is 0. The number of hydrogen-bond acceptors (Lipinski definition) is 8. The van der Waals surface area contributed by atoms with Gasteiger partial charge in [0.05, 0.1) is 38.3 Å². The fourth-order valence-corrected chi connectivity index (χ4v) is 5.16. The molecule has 0 amide bonds. The highest BCUT2D eigenvalue weighted by Crippen LogP contribution is 2.69. The summed E-state index contributed by atoms with van der Waals surface area (Å²) >= 11 is 0. The molecule has 3 aliphatic heterocycles. The number of methoxy groups -OCH3 is 2. The Labute approximate surface area is 168 Å². The lowest BCUT2D eigenvalue weighted by Crippen LogP contribution is -2.73. The van der Waals surface area contributed by atoms with Crippen molar-refractivity contribution in [2.24, 2.45) is 16.7 Å². The van der Waals surface area contributed by atoms with Crippen LogP contribution in [0.4, 0.5) is 0 Å². The van der Waals surface area contributed by atoms with Gasteiger partial charge in [-0.05, 0) is 31.0 Å². The second kappa shape index (κ2) is 6.37. The molecule has 0 aromatic heterocycles. The van der Waals surface area contributed by atoms with Crippen molar-refractivity contribution in [1.82, 2.24) is 0 Å². The number of nitriles is 3. The summed E-state index contributed by atoms with van der Waals surface area (Å²) in [7, 11) is 2.99. The molecule has 4 aliphatic rings. The van der Waals surface area contributed by atoms with E-state index in [4.69, 9.17) is 24.4 Å². The molecule has 3 saturated heterocycles. The molecule has 5 rings (SSSR count). The topological polar surface area (TPSA) is 132 Å². The first-order chi connectivity index (χ1) is 14.0. The Bertz CT molecular complexity index is 989.